The summed E-state index contributed by atoms with van der Waals surface area (Å²) in [5.74, 6) is 1.76. The van der Waals surface area contributed by atoms with Crippen LogP contribution < -0.4 is 4.74 Å². The molecule has 0 spiro atoms. The van der Waals surface area contributed by atoms with Crippen LogP contribution in [0, 0.1) is 12.8 Å². The lowest BCUT2D eigenvalue weighted by molar-refractivity contribution is 0.180. The Labute approximate surface area is 90.0 Å². The van der Waals surface area contributed by atoms with Gasteiger partial charge in [-0.25, -0.2) is 0 Å². The highest BCUT2D eigenvalue weighted by Gasteiger charge is 2.18. The second kappa shape index (κ2) is 4.22. The molecule has 0 N–H and O–H groups in total. The first-order valence-electron chi connectivity index (χ1n) is 5.14. The molecule has 1 aliphatic carbocycles. The predicted octanol–water partition coefficient (Wildman–Crippen LogP) is 3.83. The minimum atomic E-state index is 0.776. The first-order chi connectivity index (χ1) is 6.75. The van der Waals surface area contributed by atoms with Crippen LogP contribution in [0.1, 0.15) is 24.8 Å². The van der Waals surface area contributed by atoms with E-state index in [4.69, 9.17) is 16.3 Å². The van der Waals surface area contributed by atoms with Crippen LogP contribution in [0.15, 0.2) is 18.2 Å². The van der Waals surface area contributed by atoms with Crippen LogP contribution in [0.2, 0.25) is 5.02 Å². The van der Waals surface area contributed by atoms with Crippen LogP contribution in [0.25, 0.3) is 0 Å². The maximum Gasteiger partial charge on any atom is 0.122 e. The van der Waals surface area contributed by atoms with Crippen LogP contribution in [0.4, 0.5) is 0 Å². The smallest absolute Gasteiger partial charge is 0.122 e. The van der Waals surface area contributed by atoms with E-state index in [-0.39, 0.29) is 0 Å². The Morgan fingerprint density at radius 1 is 1.43 bits per heavy atom. The largest absolute Gasteiger partial charge is 0.493 e. The van der Waals surface area contributed by atoms with Crippen molar-refractivity contribution in [2.45, 2.75) is 26.2 Å². The van der Waals surface area contributed by atoms with Crippen molar-refractivity contribution in [3.05, 3.63) is 28.8 Å². The molecule has 0 saturated heterocycles. The summed E-state index contributed by atoms with van der Waals surface area (Å²) < 4.78 is 5.74. The molecule has 0 heterocycles. The summed E-state index contributed by atoms with van der Waals surface area (Å²) in [7, 11) is 0. The topological polar surface area (TPSA) is 9.23 Å². The molecular weight excluding hydrogens is 196 g/mol. The van der Waals surface area contributed by atoms with E-state index in [1.807, 2.05) is 25.1 Å². The van der Waals surface area contributed by atoms with E-state index in [0.717, 1.165) is 28.9 Å². The summed E-state index contributed by atoms with van der Waals surface area (Å²) in [6, 6.07) is 5.78. The molecule has 0 unspecified atom stereocenters. The van der Waals surface area contributed by atoms with Gasteiger partial charge in [0.05, 0.1) is 6.61 Å². The van der Waals surface area contributed by atoms with Crippen molar-refractivity contribution in [3.8, 4) is 5.75 Å². The highest BCUT2D eigenvalue weighted by Crippen LogP contribution is 2.28. The number of ether oxygens (including phenoxy) is 1. The quantitative estimate of drug-likeness (QED) is 0.737. The first-order valence-corrected chi connectivity index (χ1v) is 5.52. The van der Waals surface area contributed by atoms with Crippen molar-refractivity contribution in [1.82, 2.24) is 0 Å². The fourth-order valence-electron chi connectivity index (χ4n) is 1.64. The summed E-state index contributed by atoms with van der Waals surface area (Å²) in [6.45, 7) is 2.89. The zero-order valence-electron chi connectivity index (χ0n) is 8.42. The van der Waals surface area contributed by atoms with Gasteiger partial charge in [-0.2, -0.15) is 0 Å². The van der Waals surface area contributed by atoms with Gasteiger partial charge in [-0.3, -0.25) is 0 Å². The molecule has 1 saturated carbocycles. The average molecular weight is 211 g/mol. The Kier molecular flexibility index (Phi) is 2.97. The van der Waals surface area contributed by atoms with Gasteiger partial charge in [0.2, 0.25) is 0 Å². The summed E-state index contributed by atoms with van der Waals surface area (Å²) in [4.78, 5) is 0. The molecule has 1 aliphatic rings. The highest BCUT2D eigenvalue weighted by atomic mass is 35.5. The zero-order chi connectivity index (χ0) is 9.97. The molecule has 0 aromatic heterocycles. The second-order valence-corrected chi connectivity index (χ2v) is 4.45. The van der Waals surface area contributed by atoms with Crippen LogP contribution in [-0.4, -0.2) is 6.61 Å². The SMILES string of the molecule is Cc1cc(Cl)ccc1OCC1CCC1. The van der Waals surface area contributed by atoms with Crippen LogP contribution in [-0.2, 0) is 0 Å². The Morgan fingerprint density at radius 3 is 2.79 bits per heavy atom. The van der Waals surface area contributed by atoms with Gasteiger partial charge < -0.3 is 4.74 Å². The molecule has 76 valence electrons. The molecule has 2 rings (SSSR count). The van der Waals surface area contributed by atoms with Crippen LogP contribution in [0.3, 0.4) is 0 Å². The standard InChI is InChI=1S/C12H15ClO/c1-9-7-11(13)5-6-12(9)14-8-10-3-2-4-10/h5-7,10H,2-4,8H2,1H3. The summed E-state index contributed by atoms with van der Waals surface area (Å²) in [6.07, 6.45) is 4.02. The molecule has 0 bridgehead atoms. The zero-order valence-corrected chi connectivity index (χ0v) is 9.18. The van der Waals surface area contributed by atoms with Crippen molar-refractivity contribution < 1.29 is 4.74 Å². The van der Waals surface area contributed by atoms with Gasteiger partial charge in [0.25, 0.3) is 0 Å². The molecule has 0 atom stereocenters. The van der Waals surface area contributed by atoms with Crippen molar-refractivity contribution in [2.24, 2.45) is 5.92 Å². The molecular formula is C12H15ClO. The number of rotatable bonds is 3. The first kappa shape index (κ1) is 9.85. The third-order valence-electron chi connectivity index (χ3n) is 2.84. The summed E-state index contributed by atoms with van der Waals surface area (Å²) in [5.41, 5.74) is 1.12. The summed E-state index contributed by atoms with van der Waals surface area (Å²) >= 11 is 5.86. The van der Waals surface area contributed by atoms with Gasteiger partial charge in [-0.15, -0.1) is 0 Å². The molecule has 1 nitrogen and oxygen atoms in total. The van der Waals surface area contributed by atoms with Crippen molar-refractivity contribution in [2.75, 3.05) is 6.61 Å². The Balaban J connectivity index is 1.94. The average Bonchev–Trinajstić information content (AvgIpc) is 2.05. The Morgan fingerprint density at radius 2 is 2.21 bits per heavy atom. The Bertz CT molecular complexity index is 318. The third kappa shape index (κ3) is 2.21. The van der Waals surface area contributed by atoms with Crippen LogP contribution in [0.5, 0.6) is 5.75 Å². The Hall–Kier alpha value is -0.690. The van der Waals surface area contributed by atoms with E-state index in [0.29, 0.717) is 0 Å². The number of halogens is 1. The van der Waals surface area contributed by atoms with Gasteiger partial charge >= 0.3 is 0 Å². The number of benzene rings is 1. The van der Waals surface area contributed by atoms with Crippen molar-refractivity contribution >= 4 is 11.6 Å². The molecule has 0 radical (unpaired) electrons. The molecule has 0 aliphatic heterocycles. The predicted molar refractivity (Wildman–Crippen MR) is 59.0 cm³/mol. The number of hydrogen-bond donors (Lipinski definition) is 0. The van der Waals surface area contributed by atoms with E-state index in [1.54, 1.807) is 0 Å². The van der Waals surface area contributed by atoms with Crippen molar-refractivity contribution in [3.63, 3.8) is 0 Å². The van der Waals surface area contributed by atoms with E-state index < -0.39 is 0 Å². The van der Waals surface area contributed by atoms with Gasteiger partial charge in [0, 0.05) is 5.02 Å². The maximum absolute atomic E-state index is 5.86. The molecule has 0 amide bonds. The van der Waals surface area contributed by atoms with Gasteiger partial charge in [-0.1, -0.05) is 18.0 Å². The monoisotopic (exact) mass is 210 g/mol. The van der Waals surface area contributed by atoms with Gasteiger partial charge in [0.15, 0.2) is 0 Å². The molecule has 2 heteroatoms. The number of aryl methyl sites for hydroxylation is 1. The molecule has 1 aromatic rings. The maximum atomic E-state index is 5.86. The van der Waals surface area contributed by atoms with Crippen molar-refractivity contribution in [1.29, 1.82) is 0 Å². The van der Waals surface area contributed by atoms with E-state index in [2.05, 4.69) is 0 Å². The molecule has 14 heavy (non-hydrogen) atoms. The minimum absolute atomic E-state index is 0.776. The lowest BCUT2D eigenvalue weighted by atomic mass is 9.86. The third-order valence-corrected chi connectivity index (χ3v) is 3.07. The lowest BCUT2D eigenvalue weighted by Crippen LogP contribution is -2.19. The minimum Gasteiger partial charge on any atom is -0.493 e. The number of hydrogen-bond acceptors (Lipinski definition) is 1. The molecule has 1 fully saturated rings. The molecule has 1 aromatic carbocycles. The summed E-state index contributed by atoms with van der Waals surface area (Å²) in [5, 5.41) is 0.776. The highest BCUT2D eigenvalue weighted by molar-refractivity contribution is 6.30. The lowest BCUT2D eigenvalue weighted by Gasteiger charge is -2.25. The second-order valence-electron chi connectivity index (χ2n) is 4.02. The fourth-order valence-corrected chi connectivity index (χ4v) is 1.87. The van der Waals surface area contributed by atoms with Gasteiger partial charge in [-0.05, 0) is 49.4 Å². The van der Waals surface area contributed by atoms with Crippen LogP contribution >= 0.6 is 11.6 Å². The normalized spacial score (nSPS) is 16.4. The fraction of sp³-hybridized carbons (Fsp3) is 0.500. The van der Waals surface area contributed by atoms with E-state index >= 15 is 0 Å². The van der Waals surface area contributed by atoms with E-state index in [9.17, 15) is 0 Å². The van der Waals surface area contributed by atoms with E-state index in [1.165, 1.54) is 19.3 Å². The van der Waals surface area contributed by atoms with Gasteiger partial charge in [0.1, 0.15) is 5.75 Å².